The molecular formula is C13H13BrN2OS. The topological polar surface area (TPSA) is 33.2 Å². The van der Waals surface area contributed by atoms with E-state index in [0.717, 1.165) is 6.42 Å². The molecule has 3 nitrogen and oxygen atoms in total. The number of pyridine rings is 1. The number of nitrogens with zero attached hydrogens (tertiary/aromatic N) is 2. The van der Waals surface area contributed by atoms with Gasteiger partial charge in [0, 0.05) is 18.5 Å². The predicted molar refractivity (Wildman–Crippen MR) is 76.9 cm³/mol. The van der Waals surface area contributed by atoms with Gasteiger partial charge in [-0.25, -0.2) is 4.98 Å². The minimum absolute atomic E-state index is 0.0483. The fourth-order valence-corrected chi connectivity index (χ4v) is 2.60. The minimum atomic E-state index is -0.0483. The van der Waals surface area contributed by atoms with Crippen molar-refractivity contribution in [2.45, 2.75) is 6.42 Å². The molecule has 0 radical (unpaired) electrons. The van der Waals surface area contributed by atoms with E-state index >= 15 is 0 Å². The van der Waals surface area contributed by atoms with Crippen molar-refractivity contribution in [3.8, 4) is 0 Å². The summed E-state index contributed by atoms with van der Waals surface area (Å²) in [6.45, 7) is 0.702. The summed E-state index contributed by atoms with van der Waals surface area (Å²) >= 11 is 4.98. The van der Waals surface area contributed by atoms with Crippen molar-refractivity contribution < 1.29 is 4.79 Å². The maximum Gasteiger partial charge on any atom is 0.272 e. The molecule has 0 saturated carbocycles. The number of rotatable bonds is 4. The molecule has 2 aromatic rings. The molecule has 5 heteroatoms. The zero-order valence-electron chi connectivity index (χ0n) is 9.97. The molecule has 1 amide bonds. The zero-order chi connectivity index (χ0) is 13.0. The number of halogens is 1. The van der Waals surface area contributed by atoms with E-state index in [2.05, 4.69) is 27.0 Å². The van der Waals surface area contributed by atoms with Gasteiger partial charge in [-0.3, -0.25) is 4.79 Å². The van der Waals surface area contributed by atoms with Gasteiger partial charge in [0.15, 0.2) is 0 Å². The van der Waals surface area contributed by atoms with Crippen LogP contribution in [0.3, 0.4) is 0 Å². The number of thiophene rings is 1. The molecule has 0 aliphatic rings. The van der Waals surface area contributed by atoms with Gasteiger partial charge in [-0.2, -0.15) is 0 Å². The lowest BCUT2D eigenvalue weighted by atomic mass is 10.3. The number of likely N-dealkylation sites (N-methyl/N-ethyl adjacent to an activating group) is 1. The van der Waals surface area contributed by atoms with Gasteiger partial charge in [-0.15, -0.1) is 11.3 Å². The average molecular weight is 325 g/mol. The zero-order valence-corrected chi connectivity index (χ0v) is 12.4. The fourth-order valence-electron chi connectivity index (χ4n) is 1.56. The molecule has 0 spiro atoms. The van der Waals surface area contributed by atoms with E-state index in [0.29, 0.717) is 16.8 Å². The monoisotopic (exact) mass is 324 g/mol. The predicted octanol–water partition coefficient (Wildman–Crippen LogP) is 3.22. The number of carbonyl (C=O) groups is 1. The first-order valence-corrected chi connectivity index (χ1v) is 7.24. The van der Waals surface area contributed by atoms with E-state index in [1.54, 1.807) is 29.4 Å². The molecule has 0 atom stereocenters. The lowest BCUT2D eigenvalue weighted by Gasteiger charge is -2.16. The second-order valence-corrected chi connectivity index (χ2v) is 5.75. The fraction of sp³-hybridized carbons (Fsp3) is 0.231. The van der Waals surface area contributed by atoms with Crippen LogP contribution in [0.2, 0.25) is 0 Å². The van der Waals surface area contributed by atoms with Crippen LogP contribution in [0.15, 0.2) is 40.3 Å². The van der Waals surface area contributed by atoms with Crippen LogP contribution in [-0.2, 0) is 6.42 Å². The van der Waals surface area contributed by atoms with Gasteiger partial charge in [-0.1, -0.05) is 12.1 Å². The summed E-state index contributed by atoms with van der Waals surface area (Å²) in [6.07, 6.45) is 0.883. The van der Waals surface area contributed by atoms with Crippen LogP contribution in [0.5, 0.6) is 0 Å². The van der Waals surface area contributed by atoms with Crippen LogP contribution >= 0.6 is 27.3 Å². The molecule has 0 fully saturated rings. The van der Waals surface area contributed by atoms with Crippen molar-refractivity contribution in [1.82, 2.24) is 9.88 Å². The molecule has 0 N–H and O–H groups in total. The highest BCUT2D eigenvalue weighted by atomic mass is 79.9. The average Bonchev–Trinajstić information content (AvgIpc) is 2.88. The van der Waals surface area contributed by atoms with E-state index in [1.165, 1.54) is 4.88 Å². The molecule has 0 aliphatic carbocycles. The second kappa shape index (κ2) is 6.11. The van der Waals surface area contributed by atoms with Gasteiger partial charge in [0.2, 0.25) is 0 Å². The number of amides is 1. The summed E-state index contributed by atoms with van der Waals surface area (Å²) in [5, 5.41) is 2.05. The molecule has 2 heterocycles. The van der Waals surface area contributed by atoms with E-state index < -0.39 is 0 Å². The van der Waals surface area contributed by atoms with E-state index in [9.17, 15) is 4.79 Å². The van der Waals surface area contributed by atoms with Gasteiger partial charge in [0.1, 0.15) is 10.3 Å². The maximum absolute atomic E-state index is 12.1. The molecule has 94 valence electrons. The van der Waals surface area contributed by atoms with Gasteiger partial charge < -0.3 is 4.90 Å². The van der Waals surface area contributed by atoms with Gasteiger partial charge in [-0.05, 0) is 45.9 Å². The molecule has 0 saturated heterocycles. The van der Waals surface area contributed by atoms with Crippen LogP contribution in [0, 0.1) is 0 Å². The third-order valence-corrected chi connectivity index (χ3v) is 3.93. The van der Waals surface area contributed by atoms with Crippen LogP contribution in [-0.4, -0.2) is 29.4 Å². The number of aromatic nitrogens is 1. The quantitative estimate of drug-likeness (QED) is 0.809. The highest BCUT2D eigenvalue weighted by Gasteiger charge is 2.13. The summed E-state index contributed by atoms with van der Waals surface area (Å²) in [4.78, 5) is 19.3. The summed E-state index contributed by atoms with van der Waals surface area (Å²) < 4.78 is 0.681. The third kappa shape index (κ3) is 3.40. The normalized spacial score (nSPS) is 10.3. The second-order valence-electron chi connectivity index (χ2n) is 3.90. The van der Waals surface area contributed by atoms with Crippen molar-refractivity contribution >= 4 is 33.2 Å². The van der Waals surface area contributed by atoms with Crippen LogP contribution in [0.25, 0.3) is 0 Å². The molecule has 0 aliphatic heterocycles. The first-order chi connectivity index (χ1) is 8.66. The molecule has 18 heavy (non-hydrogen) atoms. The summed E-state index contributed by atoms with van der Waals surface area (Å²) in [5.41, 5.74) is 0.470. The number of hydrogen-bond donors (Lipinski definition) is 0. The standard InChI is InChI=1S/C13H13BrN2OS/c1-16(8-7-10-4-3-9-18-10)13(17)11-5-2-6-12(14)15-11/h2-6,9H,7-8H2,1H3. The van der Waals surface area contributed by atoms with Crippen LogP contribution < -0.4 is 0 Å². The largest absolute Gasteiger partial charge is 0.340 e. The Morgan fingerprint density at radius 2 is 2.22 bits per heavy atom. The van der Waals surface area contributed by atoms with Crippen molar-refractivity contribution in [2.24, 2.45) is 0 Å². The Labute approximate surface area is 119 Å². The van der Waals surface area contributed by atoms with Gasteiger partial charge >= 0.3 is 0 Å². The van der Waals surface area contributed by atoms with Crippen molar-refractivity contribution in [2.75, 3.05) is 13.6 Å². The Balaban J connectivity index is 1.96. The molecule has 0 unspecified atom stereocenters. The summed E-state index contributed by atoms with van der Waals surface area (Å²) in [5.74, 6) is -0.0483. The Hall–Kier alpha value is -1.20. The smallest absolute Gasteiger partial charge is 0.272 e. The Morgan fingerprint density at radius 3 is 2.89 bits per heavy atom. The van der Waals surface area contributed by atoms with Crippen molar-refractivity contribution in [3.05, 3.63) is 50.9 Å². The number of carbonyl (C=O) groups excluding carboxylic acids is 1. The maximum atomic E-state index is 12.1. The molecular weight excluding hydrogens is 312 g/mol. The van der Waals surface area contributed by atoms with Crippen LogP contribution in [0.1, 0.15) is 15.4 Å². The van der Waals surface area contributed by atoms with Gasteiger partial charge in [0.25, 0.3) is 5.91 Å². The van der Waals surface area contributed by atoms with Gasteiger partial charge in [0.05, 0.1) is 0 Å². The first-order valence-electron chi connectivity index (χ1n) is 5.57. The SMILES string of the molecule is CN(CCc1cccs1)C(=O)c1cccc(Br)n1. The highest BCUT2D eigenvalue weighted by Crippen LogP contribution is 2.11. The summed E-state index contributed by atoms with van der Waals surface area (Å²) in [6, 6.07) is 9.46. The Bertz CT molecular complexity index is 528. The molecule has 2 aromatic heterocycles. The van der Waals surface area contributed by atoms with Crippen molar-refractivity contribution in [1.29, 1.82) is 0 Å². The molecule has 0 bridgehead atoms. The van der Waals surface area contributed by atoms with Crippen molar-refractivity contribution in [3.63, 3.8) is 0 Å². The lowest BCUT2D eigenvalue weighted by molar-refractivity contribution is 0.0791. The van der Waals surface area contributed by atoms with E-state index in [1.807, 2.05) is 23.6 Å². The lowest BCUT2D eigenvalue weighted by Crippen LogP contribution is -2.29. The Morgan fingerprint density at radius 1 is 1.39 bits per heavy atom. The van der Waals surface area contributed by atoms with E-state index in [-0.39, 0.29) is 5.91 Å². The Kier molecular flexibility index (Phi) is 4.49. The molecule has 0 aromatic carbocycles. The highest BCUT2D eigenvalue weighted by molar-refractivity contribution is 9.10. The first kappa shape index (κ1) is 13.2. The molecule has 2 rings (SSSR count). The number of hydrogen-bond acceptors (Lipinski definition) is 3. The minimum Gasteiger partial charge on any atom is -0.340 e. The van der Waals surface area contributed by atoms with E-state index in [4.69, 9.17) is 0 Å². The summed E-state index contributed by atoms with van der Waals surface area (Å²) in [7, 11) is 1.80. The van der Waals surface area contributed by atoms with Crippen LogP contribution in [0.4, 0.5) is 0 Å². The third-order valence-electron chi connectivity index (χ3n) is 2.55.